The van der Waals surface area contributed by atoms with E-state index in [9.17, 15) is 10.1 Å². The topological polar surface area (TPSA) is 76.2 Å². The SMILES string of the molecule is COc1cc([N+](=O)[O-])ccc1C=CCC#N. The van der Waals surface area contributed by atoms with Crippen LogP contribution in [0.4, 0.5) is 5.69 Å². The summed E-state index contributed by atoms with van der Waals surface area (Å²) in [4.78, 5) is 10.0. The van der Waals surface area contributed by atoms with Gasteiger partial charge in [0, 0.05) is 11.6 Å². The minimum absolute atomic E-state index is 0.0192. The first-order chi connectivity index (χ1) is 7.69. The van der Waals surface area contributed by atoms with E-state index in [2.05, 4.69) is 0 Å². The summed E-state index contributed by atoms with van der Waals surface area (Å²) in [5.74, 6) is 0.420. The molecule has 0 N–H and O–H groups in total. The van der Waals surface area contributed by atoms with Crippen LogP contribution in [-0.4, -0.2) is 12.0 Å². The van der Waals surface area contributed by atoms with Gasteiger partial charge in [0.05, 0.1) is 30.6 Å². The van der Waals surface area contributed by atoms with E-state index < -0.39 is 4.92 Å². The molecule has 5 heteroatoms. The van der Waals surface area contributed by atoms with Gasteiger partial charge in [0.15, 0.2) is 0 Å². The van der Waals surface area contributed by atoms with Crippen LogP contribution in [0.25, 0.3) is 6.08 Å². The van der Waals surface area contributed by atoms with Crippen molar-refractivity contribution >= 4 is 11.8 Å². The fourth-order valence-electron chi connectivity index (χ4n) is 1.19. The number of methoxy groups -OCH3 is 1. The van der Waals surface area contributed by atoms with Crippen LogP contribution in [0.3, 0.4) is 0 Å². The van der Waals surface area contributed by atoms with E-state index in [0.717, 1.165) is 0 Å². The number of nitro benzene ring substituents is 1. The van der Waals surface area contributed by atoms with Gasteiger partial charge in [0.25, 0.3) is 5.69 Å². The highest BCUT2D eigenvalue weighted by Gasteiger charge is 2.09. The van der Waals surface area contributed by atoms with Gasteiger partial charge in [0.2, 0.25) is 0 Å². The molecule has 0 saturated carbocycles. The lowest BCUT2D eigenvalue weighted by molar-refractivity contribution is -0.384. The number of rotatable bonds is 4. The van der Waals surface area contributed by atoms with Gasteiger partial charge >= 0.3 is 0 Å². The molecule has 0 atom stereocenters. The van der Waals surface area contributed by atoms with E-state index in [4.69, 9.17) is 10.00 Å². The maximum Gasteiger partial charge on any atom is 0.273 e. The van der Waals surface area contributed by atoms with Gasteiger partial charge in [0.1, 0.15) is 5.75 Å². The van der Waals surface area contributed by atoms with Gasteiger partial charge < -0.3 is 4.74 Å². The van der Waals surface area contributed by atoms with Crippen LogP contribution in [0.1, 0.15) is 12.0 Å². The summed E-state index contributed by atoms with van der Waals surface area (Å²) < 4.78 is 5.03. The third kappa shape index (κ3) is 2.82. The van der Waals surface area contributed by atoms with Crippen LogP contribution < -0.4 is 4.74 Å². The normalized spacial score (nSPS) is 10.0. The molecule has 0 saturated heterocycles. The third-order valence-electron chi connectivity index (χ3n) is 1.93. The lowest BCUT2D eigenvalue weighted by Gasteiger charge is -2.03. The Kier molecular flexibility index (Phi) is 4.04. The Balaban J connectivity index is 3.03. The van der Waals surface area contributed by atoms with Crippen molar-refractivity contribution in [3.8, 4) is 11.8 Å². The van der Waals surface area contributed by atoms with Crippen LogP contribution in [0, 0.1) is 21.4 Å². The molecule has 0 radical (unpaired) electrons. The Morgan fingerprint density at radius 1 is 1.62 bits per heavy atom. The summed E-state index contributed by atoms with van der Waals surface area (Å²) in [6.07, 6.45) is 3.66. The number of allylic oxidation sites excluding steroid dienone is 1. The molecule has 0 aliphatic heterocycles. The maximum absolute atomic E-state index is 10.5. The first-order valence-corrected chi connectivity index (χ1v) is 4.55. The lowest BCUT2D eigenvalue weighted by atomic mass is 10.1. The van der Waals surface area contributed by atoms with Crippen LogP contribution in [-0.2, 0) is 0 Å². The van der Waals surface area contributed by atoms with Crippen molar-refractivity contribution in [1.82, 2.24) is 0 Å². The van der Waals surface area contributed by atoms with Crippen molar-refractivity contribution in [2.75, 3.05) is 7.11 Å². The number of benzene rings is 1. The molecule has 0 amide bonds. The Hall–Kier alpha value is -2.35. The molecule has 1 aromatic rings. The van der Waals surface area contributed by atoms with Crippen molar-refractivity contribution in [3.05, 3.63) is 40.0 Å². The highest BCUT2D eigenvalue weighted by molar-refractivity contribution is 5.60. The zero-order chi connectivity index (χ0) is 12.0. The molecule has 0 heterocycles. The smallest absolute Gasteiger partial charge is 0.273 e. The zero-order valence-electron chi connectivity index (χ0n) is 8.71. The van der Waals surface area contributed by atoms with Crippen LogP contribution in [0.15, 0.2) is 24.3 Å². The summed E-state index contributed by atoms with van der Waals surface area (Å²) >= 11 is 0. The molecule has 1 aromatic carbocycles. The van der Waals surface area contributed by atoms with Crippen molar-refractivity contribution in [3.63, 3.8) is 0 Å². The number of hydrogen-bond donors (Lipinski definition) is 0. The average Bonchev–Trinajstić information content (AvgIpc) is 2.29. The van der Waals surface area contributed by atoms with Gasteiger partial charge in [-0.15, -0.1) is 0 Å². The number of nitro groups is 1. The summed E-state index contributed by atoms with van der Waals surface area (Å²) in [6, 6.07) is 6.31. The van der Waals surface area contributed by atoms with Crippen LogP contribution in [0.5, 0.6) is 5.75 Å². The summed E-state index contributed by atoms with van der Waals surface area (Å²) in [7, 11) is 1.45. The number of hydrogen-bond acceptors (Lipinski definition) is 4. The predicted molar refractivity (Wildman–Crippen MR) is 58.9 cm³/mol. The lowest BCUT2D eigenvalue weighted by Crippen LogP contribution is -1.91. The zero-order valence-corrected chi connectivity index (χ0v) is 8.71. The second-order valence-corrected chi connectivity index (χ2v) is 2.95. The van der Waals surface area contributed by atoms with Crippen molar-refractivity contribution in [1.29, 1.82) is 5.26 Å². The second kappa shape index (κ2) is 5.51. The molecular weight excluding hydrogens is 208 g/mol. The van der Waals surface area contributed by atoms with Gasteiger partial charge in [-0.2, -0.15) is 5.26 Å². The Bertz CT molecular complexity index is 461. The van der Waals surface area contributed by atoms with E-state index in [1.807, 2.05) is 6.07 Å². The van der Waals surface area contributed by atoms with Gasteiger partial charge in [-0.3, -0.25) is 10.1 Å². The molecule has 16 heavy (non-hydrogen) atoms. The third-order valence-corrected chi connectivity index (χ3v) is 1.93. The van der Waals surface area contributed by atoms with Gasteiger partial charge in [-0.25, -0.2) is 0 Å². The quantitative estimate of drug-likeness (QED) is 0.574. The van der Waals surface area contributed by atoms with E-state index in [1.54, 1.807) is 18.2 Å². The molecule has 0 spiro atoms. The number of nitriles is 1. The molecule has 82 valence electrons. The predicted octanol–water partition coefficient (Wildman–Crippen LogP) is 2.53. The van der Waals surface area contributed by atoms with E-state index in [0.29, 0.717) is 17.7 Å². The van der Waals surface area contributed by atoms with Crippen LogP contribution >= 0.6 is 0 Å². The molecule has 0 aliphatic carbocycles. The van der Waals surface area contributed by atoms with E-state index in [-0.39, 0.29) is 5.69 Å². The molecule has 0 fully saturated rings. The molecule has 0 aromatic heterocycles. The summed E-state index contributed by atoms with van der Waals surface area (Å²) in [6.45, 7) is 0. The molecule has 0 aliphatic rings. The van der Waals surface area contributed by atoms with Crippen LogP contribution in [0.2, 0.25) is 0 Å². The molecular formula is C11H10N2O3. The minimum Gasteiger partial charge on any atom is -0.496 e. The van der Waals surface area contributed by atoms with E-state index >= 15 is 0 Å². The average molecular weight is 218 g/mol. The first-order valence-electron chi connectivity index (χ1n) is 4.55. The molecule has 0 bridgehead atoms. The Morgan fingerprint density at radius 3 is 2.94 bits per heavy atom. The monoisotopic (exact) mass is 218 g/mol. The van der Waals surface area contributed by atoms with Crippen molar-refractivity contribution in [2.45, 2.75) is 6.42 Å². The summed E-state index contributed by atoms with van der Waals surface area (Å²) in [5, 5.41) is 18.9. The number of ether oxygens (including phenoxy) is 1. The largest absolute Gasteiger partial charge is 0.496 e. The molecule has 0 unspecified atom stereocenters. The Morgan fingerprint density at radius 2 is 2.38 bits per heavy atom. The first kappa shape index (κ1) is 11.7. The fraction of sp³-hybridized carbons (Fsp3) is 0.182. The van der Waals surface area contributed by atoms with Gasteiger partial charge in [-0.05, 0) is 6.07 Å². The number of non-ortho nitro benzene ring substituents is 1. The second-order valence-electron chi connectivity index (χ2n) is 2.95. The van der Waals surface area contributed by atoms with Gasteiger partial charge in [-0.1, -0.05) is 12.2 Å². The maximum atomic E-state index is 10.5. The molecule has 1 rings (SSSR count). The number of nitrogens with zero attached hydrogens (tertiary/aromatic N) is 2. The van der Waals surface area contributed by atoms with Crippen molar-refractivity contribution < 1.29 is 9.66 Å². The standard InChI is InChI=1S/C11H10N2O3/c1-16-11-8-10(13(14)15)6-5-9(11)4-2-3-7-12/h2,4-6,8H,3H2,1H3. The van der Waals surface area contributed by atoms with E-state index in [1.165, 1.54) is 19.2 Å². The summed E-state index contributed by atoms with van der Waals surface area (Å²) in [5.41, 5.74) is 0.692. The Labute approximate surface area is 92.7 Å². The van der Waals surface area contributed by atoms with Crippen molar-refractivity contribution in [2.24, 2.45) is 0 Å². The molecule has 5 nitrogen and oxygen atoms in total. The minimum atomic E-state index is -0.481. The highest BCUT2D eigenvalue weighted by atomic mass is 16.6. The highest BCUT2D eigenvalue weighted by Crippen LogP contribution is 2.25. The fourth-order valence-corrected chi connectivity index (χ4v) is 1.19.